The van der Waals surface area contributed by atoms with E-state index in [1.807, 2.05) is 17.8 Å². The van der Waals surface area contributed by atoms with Crippen LogP contribution in [0.15, 0.2) is 6.07 Å². The Morgan fingerprint density at radius 2 is 1.94 bits per heavy atom. The summed E-state index contributed by atoms with van der Waals surface area (Å²) in [6.07, 6.45) is 0. The minimum Gasteiger partial charge on any atom is -0.237 e. The van der Waals surface area contributed by atoms with Crippen LogP contribution in [0.5, 0.6) is 0 Å². The Labute approximate surface area is 107 Å². The number of aromatic nitrogens is 2. The maximum absolute atomic E-state index is 5.98. The van der Waals surface area contributed by atoms with Crippen molar-refractivity contribution in [3.05, 3.63) is 22.7 Å². The highest BCUT2D eigenvalue weighted by Gasteiger charge is 2.13. The SMILES string of the molecule is CC(C)c1cc(Cl)nc(CSC(C)(C)C)n1. The van der Waals surface area contributed by atoms with Gasteiger partial charge in [-0.25, -0.2) is 9.97 Å². The first kappa shape index (κ1) is 13.8. The van der Waals surface area contributed by atoms with Crippen LogP contribution in [-0.4, -0.2) is 14.7 Å². The molecule has 1 heterocycles. The second-order valence-corrected chi connectivity index (χ2v) is 7.28. The molecule has 2 nitrogen and oxygen atoms in total. The Morgan fingerprint density at radius 3 is 2.44 bits per heavy atom. The fourth-order valence-electron chi connectivity index (χ4n) is 1.13. The molecule has 0 unspecified atom stereocenters. The smallest absolute Gasteiger partial charge is 0.140 e. The Bertz CT molecular complexity index is 359. The van der Waals surface area contributed by atoms with Crippen LogP contribution in [0.1, 0.15) is 52.1 Å². The number of rotatable bonds is 3. The lowest BCUT2D eigenvalue weighted by atomic mass is 10.1. The molecule has 0 spiro atoms. The summed E-state index contributed by atoms with van der Waals surface area (Å²) in [7, 11) is 0. The van der Waals surface area contributed by atoms with Gasteiger partial charge in [0.05, 0.1) is 5.75 Å². The summed E-state index contributed by atoms with van der Waals surface area (Å²) in [6, 6.07) is 1.84. The van der Waals surface area contributed by atoms with Crippen LogP contribution in [0, 0.1) is 0 Å². The lowest BCUT2D eigenvalue weighted by molar-refractivity contribution is 0.787. The van der Waals surface area contributed by atoms with E-state index in [9.17, 15) is 0 Å². The molecule has 0 aliphatic rings. The van der Waals surface area contributed by atoms with Gasteiger partial charge >= 0.3 is 0 Å². The molecule has 90 valence electrons. The van der Waals surface area contributed by atoms with Crippen LogP contribution < -0.4 is 0 Å². The Morgan fingerprint density at radius 1 is 1.31 bits per heavy atom. The van der Waals surface area contributed by atoms with Gasteiger partial charge in [0, 0.05) is 10.4 Å². The van der Waals surface area contributed by atoms with E-state index < -0.39 is 0 Å². The Balaban J connectivity index is 2.81. The fourth-order valence-corrected chi connectivity index (χ4v) is 2.03. The van der Waals surface area contributed by atoms with Gasteiger partial charge in [0.2, 0.25) is 0 Å². The zero-order valence-corrected chi connectivity index (χ0v) is 12.1. The number of thioether (sulfide) groups is 1. The average molecular weight is 259 g/mol. The third-order valence-electron chi connectivity index (χ3n) is 1.99. The summed E-state index contributed by atoms with van der Waals surface area (Å²) < 4.78 is 0.226. The molecule has 0 bridgehead atoms. The predicted octanol–water partition coefficient (Wildman–Crippen LogP) is 4.29. The second kappa shape index (κ2) is 5.37. The Hall–Kier alpha value is -0.280. The minimum absolute atomic E-state index is 0.226. The van der Waals surface area contributed by atoms with E-state index in [2.05, 4.69) is 44.6 Å². The highest BCUT2D eigenvalue weighted by atomic mass is 35.5. The molecule has 0 fully saturated rings. The van der Waals surface area contributed by atoms with Crippen LogP contribution in [0.25, 0.3) is 0 Å². The standard InChI is InChI=1S/C12H19ClN2S/c1-8(2)9-6-10(13)15-11(14-9)7-16-12(3,4)5/h6,8H,7H2,1-5H3. The van der Waals surface area contributed by atoms with Gasteiger partial charge in [-0.05, 0) is 12.0 Å². The third kappa shape index (κ3) is 4.71. The van der Waals surface area contributed by atoms with E-state index in [-0.39, 0.29) is 4.75 Å². The Kier molecular flexibility index (Phi) is 4.62. The maximum Gasteiger partial charge on any atom is 0.140 e. The molecule has 0 aliphatic heterocycles. The minimum atomic E-state index is 0.226. The number of hydrogen-bond acceptors (Lipinski definition) is 3. The summed E-state index contributed by atoms with van der Waals surface area (Å²) >= 11 is 7.82. The summed E-state index contributed by atoms with van der Waals surface area (Å²) in [5.74, 6) is 2.03. The molecule has 0 radical (unpaired) electrons. The molecule has 0 amide bonds. The maximum atomic E-state index is 5.98. The zero-order valence-electron chi connectivity index (χ0n) is 10.5. The molecule has 4 heteroatoms. The van der Waals surface area contributed by atoms with Crippen molar-refractivity contribution in [1.29, 1.82) is 0 Å². The lowest BCUT2D eigenvalue weighted by Crippen LogP contribution is -2.09. The third-order valence-corrected chi connectivity index (χ3v) is 3.45. The van der Waals surface area contributed by atoms with Crippen molar-refractivity contribution in [1.82, 2.24) is 9.97 Å². The predicted molar refractivity (Wildman–Crippen MR) is 72.2 cm³/mol. The van der Waals surface area contributed by atoms with Crippen molar-refractivity contribution in [2.45, 2.75) is 51.0 Å². The van der Waals surface area contributed by atoms with Crippen molar-refractivity contribution in [3.63, 3.8) is 0 Å². The number of halogens is 1. The molecule has 0 aliphatic carbocycles. The summed E-state index contributed by atoms with van der Waals surface area (Å²) in [5.41, 5.74) is 1.02. The molecule has 16 heavy (non-hydrogen) atoms. The van der Waals surface area contributed by atoms with Crippen LogP contribution >= 0.6 is 23.4 Å². The van der Waals surface area contributed by atoms with Crippen LogP contribution in [0.3, 0.4) is 0 Å². The summed E-state index contributed by atoms with van der Waals surface area (Å²) in [4.78, 5) is 8.77. The topological polar surface area (TPSA) is 25.8 Å². The summed E-state index contributed by atoms with van der Waals surface area (Å²) in [5, 5.41) is 0.545. The molecule has 0 saturated carbocycles. The molecule has 0 saturated heterocycles. The largest absolute Gasteiger partial charge is 0.237 e. The fraction of sp³-hybridized carbons (Fsp3) is 0.667. The first-order valence-electron chi connectivity index (χ1n) is 5.45. The molecule has 0 aromatic carbocycles. The average Bonchev–Trinajstić information content (AvgIpc) is 2.13. The van der Waals surface area contributed by atoms with Gasteiger partial charge in [0.1, 0.15) is 11.0 Å². The molecule has 1 rings (SSSR count). The monoisotopic (exact) mass is 258 g/mol. The van der Waals surface area contributed by atoms with E-state index in [1.54, 1.807) is 0 Å². The van der Waals surface area contributed by atoms with Gasteiger partial charge in [-0.3, -0.25) is 0 Å². The number of nitrogens with zero attached hydrogens (tertiary/aromatic N) is 2. The van der Waals surface area contributed by atoms with Gasteiger partial charge in [0.15, 0.2) is 0 Å². The molecule has 0 atom stereocenters. The van der Waals surface area contributed by atoms with E-state index in [4.69, 9.17) is 11.6 Å². The molecule has 1 aromatic heterocycles. The molecular formula is C12H19ClN2S. The van der Waals surface area contributed by atoms with Crippen molar-refractivity contribution in [3.8, 4) is 0 Å². The van der Waals surface area contributed by atoms with Crippen molar-refractivity contribution >= 4 is 23.4 Å². The first-order valence-corrected chi connectivity index (χ1v) is 6.81. The van der Waals surface area contributed by atoms with E-state index >= 15 is 0 Å². The van der Waals surface area contributed by atoms with Gasteiger partial charge in [0.25, 0.3) is 0 Å². The quantitative estimate of drug-likeness (QED) is 0.757. The van der Waals surface area contributed by atoms with E-state index in [0.29, 0.717) is 11.1 Å². The van der Waals surface area contributed by atoms with Gasteiger partial charge in [-0.1, -0.05) is 46.2 Å². The lowest BCUT2D eigenvalue weighted by Gasteiger charge is -2.17. The van der Waals surface area contributed by atoms with Gasteiger partial charge in [-0.2, -0.15) is 0 Å². The molecule has 0 N–H and O–H groups in total. The summed E-state index contributed by atoms with van der Waals surface area (Å²) in [6.45, 7) is 10.8. The van der Waals surface area contributed by atoms with Crippen LogP contribution in [0.2, 0.25) is 5.15 Å². The highest BCUT2D eigenvalue weighted by Crippen LogP contribution is 2.27. The zero-order chi connectivity index (χ0) is 12.3. The van der Waals surface area contributed by atoms with E-state index in [0.717, 1.165) is 17.3 Å². The van der Waals surface area contributed by atoms with Crippen LogP contribution in [0.4, 0.5) is 0 Å². The molecule has 1 aromatic rings. The van der Waals surface area contributed by atoms with Crippen LogP contribution in [-0.2, 0) is 5.75 Å². The second-order valence-electron chi connectivity index (χ2n) is 5.09. The highest BCUT2D eigenvalue weighted by molar-refractivity contribution is 7.99. The normalized spacial score (nSPS) is 12.2. The van der Waals surface area contributed by atoms with Gasteiger partial charge in [-0.15, -0.1) is 11.8 Å². The van der Waals surface area contributed by atoms with E-state index in [1.165, 1.54) is 0 Å². The van der Waals surface area contributed by atoms with Crippen molar-refractivity contribution < 1.29 is 0 Å². The van der Waals surface area contributed by atoms with Crippen molar-refractivity contribution in [2.24, 2.45) is 0 Å². The first-order chi connectivity index (χ1) is 7.28. The van der Waals surface area contributed by atoms with Gasteiger partial charge < -0.3 is 0 Å². The number of hydrogen-bond donors (Lipinski definition) is 0. The molecular weight excluding hydrogens is 240 g/mol. The van der Waals surface area contributed by atoms with Crippen molar-refractivity contribution in [2.75, 3.05) is 0 Å².